The number of rotatable bonds is 6. The predicted molar refractivity (Wildman–Crippen MR) is 136 cm³/mol. The van der Waals surface area contributed by atoms with Crippen LogP contribution >= 0.6 is 0 Å². The highest BCUT2D eigenvalue weighted by Gasteiger charge is 2.23. The smallest absolute Gasteiger partial charge is 0.294 e. The maximum atomic E-state index is 13.3. The number of nitrogens with one attached hydrogen (secondary N) is 1. The van der Waals surface area contributed by atoms with Crippen LogP contribution in [-0.4, -0.2) is 35.6 Å². The summed E-state index contributed by atoms with van der Waals surface area (Å²) < 4.78 is 68.0. The molecule has 12 heteroatoms. The van der Waals surface area contributed by atoms with Crippen molar-refractivity contribution < 1.29 is 31.0 Å². The molecular weight excluding hydrogens is 508 g/mol. The number of benzene rings is 3. The SMILES string of the molecule is CCn1c(=O)c(C(C)Nc2cc(S(=O)(=O)O)cc3cc(S(=O)(=O)O)cc(C)c23)c(O)c2ccccc21. The average Bonchev–Trinajstić information content (AvgIpc) is 2.77. The third-order valence-electron chi connectivity index (χ3n) is 6.09. The Hall–Kier alpha value is -3.45. The van der Waals surface area contributed by atoms with Crippen LogP contribution in [0.15, 0.2) is 63.1 Å². The molecule has 0 saturated carbocycles. The van der Waals surface area contributed by atoms with Gasteiger partial charge in [-0.05, 0) is 68.1 Å². The Morgan fingerprint density at radius 1 is 0.972 bits per heavy atom. The van der Waals surface area contributed by atoms with Gasteiger partial charge >= 0.3 is 0 Å². The average molecular weight is 533 g/mol. The zero-order valence-electron chi connectivity index (χ0n) is 19.5. The van der Waals surface area contributed by atoms with E-state index in [0.29, 0.717) is 28.4 Å². The van der Waals surface area contributed by atoms with Gasteiger partial charge in [-0.2, -0.15) is 16.8 Å². The number of pyridine rings is 1. The molecule has 3 aromatic carbocycles. The molecule has 1 unspecified atom stereocenters. The number of hydrogen-bond donors (Lipinski definition) is 4. The minimum Gasteiger partial charge on any atom is -0.507 e. The number of para-hydroxylation sites is 1. The first-order valence-corrected chi connectivity index (χ1v) is 13.8. The molecule has 190 valence electrons. The summed E-state index contributed by atoms with van der Waals surface area (Å²) in [5.41, 5.74) is 0.723. The molecule has 4 aromatic rings. The lowest BCUT2D eigenvalue weighted by atomic mass is 10.0. The van der Waals surface area contributed by atoms with Crippen molar-refractivity contribution in [2.45, 2.75) is 43.1 Å². The first kappa shape index (κ1) is 25.6. The van der Waals surface area contributed by atoms with E-state index in [1.807, 2.05) is 0 Å². The van der Waals surface area contributed by atoms with Crippen molar-refractivity contribution in [1.82, 2.24) is 4.57 Å². The number of hydrogen-bond acceptors (Lipinski definition) is 7. The summed E-state index contributed by atoms with van der Waals surface area (Å²) in [6, 6.07) is 10.6. The lowest BCUT2D eigenvalue weighted by Crippen LogP contribution is -2.27. The molecule has 4 N–H and O–H groups in total. The van der Waals surface area contributed by atoms with Crippen LogP contribution in [0.5, 0.6) is 5.75 Å². The van der Waals surface area contributed by atoms with Crippen LogP contribution in [0.4, 0.5) is 5.69 Å². The minimum atomic E-state index is -4.70. The van der Waals surface area contributed by atoms with Crippen LogP contribution in [0.25, 0.3) is 21.7 Å². The van der Waals surface area contributed by atoms with Gasteiger partial charge in [0.15, 0.2) is 0 Å². The Labute approximate surface area is 207 Å². The van der Waals surface area contributed by atoms with Crippen LogP contribution in [0.1, 0.15) is 31.0 Å². The first-order valence-electron chi connectivity index (χ1n) is 10.9. The van der Waals surface area contributed by atoms with Gasteiger partial charge in [0.25, 0.3) is 25.8 Å². The normalized spacial score (nSPS) is 13.2. The molecule has 0 radical (unpaired) electrons. The summed E-state index contributed by atoms with van der Waals surface area (Å²) in [5.74, 6) is -0.221. The molecule has 0 amide bonds. The van der Waals surface area contributed by atoms with Gasteiger partial charge in [0.1, 0.15) is 5.75 Å². The topological polar surface area (TPSA) is 163 Å². The minimum absolute atomic E-state index is 0.0492. The van der Waals surface area contributed by atoms with E-state index in [4.69, 9.17) is 0 Å². The predicted octanol–water partition coefficient (Wildman–Crippen LogP) is 3.86. The Kier molecular flexibility index (Phi) is 6.33. The molecule has 0 aliphatic heterocycles. The highest BCUT2D eigenvalue weighted by molar-refractivity contribution is 7.86. The van der Waals surface area contributed by atoms with E-state index in [2.05, 4.69) is 5.32 Å². The third-order valence-corrected chi connectivity index (χ3v) is 7.75. The van der Waals surface area contributed by atoms with Gasteiger partial charge < -0.3 is 15.0 Å². The summed E-state index contributed by atoms with van der Waals surface area (Å²) in [5, 5.41) is 15.0. The Morgan fingerprint density at radius 2 is 1.56 bits per heavy atom. The second kappa shape index (κ2) is 8.89. The van der Waals surface area contributed by atoms with Gasteiger partial charge in [0.05, 0.1) is 26.9 Å². The molecule has 0 aliphatic rings. The number of aryl methyl sites for hydroxylation is 2. The first-order chi connectivity index (χ1) is 16.7. The molecule has 36 heavy (non-hydrogen) atoms. The number of anilines is 1. The molecule has 0 spiro atoms. The van der Waals surface area contributed by atoms with Gasteiger partial charge in [0, 0.05) is 23.0 Å². The van der Waals surface area contributed by atoms with Gasteiger partial charge in [0.2, 0.25) is 0 Å². The van der Waals surface area contributed by atoms with E-state index < -0.39 is 41.6 Å². The third kappa shape index (κ3) is 4.44. The van der Waals surface area contributed by atoms with Crippen molar-refractivity contribution in [1.29, 1.82) is 0 Å². The van der Waals surface area contributed by atoms with Crippen LogP contribution in [0.2, 0.25) is 0 Å². The van der Waals surface area contributed by atoms with Gasteiger partial charge in [-0.15, -0.1) is 0 Å². The van der Waals surface area contributed by atoms with Crippen molar-refractivity contribution in [3.05, 3.63) is 70.0 Å². The van der Waals surface area contributed by atoms with E-state index in [9.17, 15) is 35.8 Å². The Morgan fingerprint density at radius 3 is 2.14 bits per heavy atom. The highest BCUT2D eigenvalue weighted by atomic mass is 32.2. The second-order valence-electron chi connectivity index (χ2n) is 8.45. The van der Waals surface area contributed by atoms with E-state index in [0.717, 1.165) is 18.2 Å². The lowest BCUT2D eigenvalue weighted by molar-refractivity contribution is 0.467. The molecule has 0 fully saturated rings. The lowest BCUT2D eigenvalue weighted by Gasteiger charge is -2.22. The number of fused-ring (bicyclic) bond motifs is 2. The molecule has 1 atom stereocenters. The fourth-order valence-electron chi connectivity index (χ4n) is 4.50. The summed E-state index contributed by atoms with van der Waals surface area (Å²) in [6.07, 6.45) is 0. The molecule has 0 saturated heterocycles. The standard InChI is InChI=1S/C24H24N2O8S2/c1-4-26-20-8-6-5-7-18(20)23(27)22(24(26)28)14(3)25-19-12-17(36(32,33)34)11-15-10-16(35(29,30)31)9-13(2)21(15)19/h5-12,14,25,27H,4H2,1-3H3,(H,29,30,31)(H,32,33,34). The maximum absolute atomic E-state index is 13.3. The quantitative estimate of drug-likeness (QED) is 0.270. The molecule has 10 nitrogen and oxygen atoms in total. The highest BCUT2D eigenvalue weighted by Crippen LogP contribution is 2.36. The fourth-order valence-corrected chi connectivity index (χ4v) is 5.65. The summed E-state index contributed by atoms with van der Waals surface area (Å²) in [6.45, 7) is 5.32. The zero-order chi connectivity index (χ0) is 26.6. The van der Waals surface area contributed by atoms with Gasteiger partial charge in [-0.1, -0.05) is 12.1 Å². The van der Waals surface area contributed by atoms with Crippen molar-refractivity contribution >= 4 is 47.6 Å². The molecule has 0 bridgehead atoms. The summed E-state index contributed by atoms with van der Waals surface area (Å²) >= 11 is 0. The van der Waals surface area contributed by atoms with Crippen LogP contribution in [0.3, 0.4) is 0 Å². The van der Waals surface area contributed by atoms with Crippen LogP contribution in [-0.2, 0) is 26.8 Å². The van der Waals surface area contributed by atoms with Crippen LogP contribution < -0.4 is 10.9 Å². The summed E-state index contributed by atoms with van der Waals surface area (Å²) in [4.78, 5) is 12.3. The second-order valence-corrected chi connectivity index (χ2v) is 11.3. The number of nitrogens with zero attached hydrogens (tertiary/aromatic N) is 1. The van der Waals surface area contributed by atoms with E-state index in [1.54, 1.807) is 45.0 Å². The van der Waals surface area contributed by atoms with E-state index in [-0.39, 0.29) is 22.4 Å². The van der Waals surface area contributed by atoms with Crippen molar-refractivity contribution in [2.75, 3.05) is 5.32 Å². The molecular formula is C24H24N2O8S2. The fraction of sp³-hybridized carbons (Fsp3) is 0.208. The van der Waals surface area contributed by atoms with Gasteiger partial charge in [-0.3, -0.25) is 13.9 Å². The largest absolute Gasteiger partial charge is 0.507 e. The van der Waals surface area contributed by atoms with Crippen LogP contribution in [0, 0.1) is 6.92 Å². The van der Waals surface area contributed by atoms with E-state index in [1.165, 1.54) is 10.6 Å². The Balaban J connectivity index is 1.97. The molecule has 1 heterocycles. The monoisotopic (exact) mass is 532 g/mol. The van der Waals surface area contributed by atoms with E-state index >= 15 is 0 Å². The Bertz CT molecular complexity index is 1800. The van der Waals surface area contributed by atoms with Crippen molar-refractivity contribution in [2.24, 2.45) is 0 Å². The molecule has 0 aliphatic carbocycles. The number of aromatic nitrogens is 1. The molecule has 1 aromatic heterocycles. The maximum Gasteiger partial charge on any atom is 0.294 e. The van der Waals surface area contributed by atoms with Crippen molar-refractivity contribution in [3.8, 4) is 5.75 Å². The van der Waals surface area contributed by atoms with Gasteiger partial charge in [-0.25, -0.2) is 0 Å². The zero-order valence-corrected chi connectivity index (χ0v) is 21.2. The molecule has 4 rings (SSSR count). The van der Waals surface area contributed by atoms with Crippen molar-refractivity contribution in [3.63, 3.8) is 0 Å². The summed E-state index contributed by atoms with van der Waals surface area (Å²) in [7, 11) is -9.29. The number of aromatic hydroxyl groups is 1.